The Morgan fingerprint density at radius 1 is 1.15 bits per heavy atom. The Morgan fingerprint density at radius 3 is 2.33 bits per heavy atom. The molecule has 3 rings (SSSR count). The predicted molar refractivity (Wildman–Crippen MR) is 103 cm³/mol. The van der Waals surface area contributed by atoms with Gasteiger partial charge >= 0.3 is 0 Å². The first kappa shape index (κ1) is 18.9. The normalized spacial score (nSPS) is 19.1. The van der Waals surface area contributed by atoms with E-state index in [1.54, 1.807) is 55.6 Å². The fraction of sp³-hybridized carbons (Fsp3) is 0.333. The summed E-state index contributed by atoms with van der Waals surface area (Å²) in [6.45, 7) is 2.15. The number of hydrogen-bond acceptors (Lipinski definition) is 4. The Kier molecular flexibility index (Phi) is 5.76. The molecule has 1 fully saturated rings. The maximum Gasteiger partial charge on any atom is 0.251 e. The second kappa shape index (κ2) is 8.22. The molecule has 1 saturated carbocycles. The number of aliphatic hydroxyl groups is 1. The van der Waals surface area contributed by atoms with Crippen LogP contribution in [-0.4, -0.2) is 30.6 Å². The predicted octanol–water partition coefficient (Wildman–Crippen LogP) is 2.75. The van der Waals surface area contributed by atoms with Gasteiger partial charge in [0, 0.05) is 23.7 Å². The first-order valence-electron chi connectivity index (χ1n) is 8.99. The van der Waals surface area contributed by atoms with Crippen LogP contribution in [0.3, 0.4) is 0 Å². The van der Waals surface area contributed by atoms with Gasteiger partial charge in [-0.1, -0.05) is 19.1 Å². The minimum atomic E-state index is -0.807. The van der Waals surface area contributed by atoms with Crippen LogP contribution in [0.25, 0.3) is 0 Å². The molecule has 3 atom stereocenters. The number of methoxy groups -OCH3 is 1. The molecule has 2 aromatic rings. The second-order valence-corrected chi connectivity index (χ2v) is 6.89. The van der Waals surface area contributed by atoms with Gasteiger partial charge < -0.3 is 20.5 Å². The van der Waals surface area contributed by atoms with Crippen molar-refractivity contribution in [2.75, 3.05) is 19.0 Å². The van der Waals surface area contributed by atoms with Crippen LogP contribution >= 0.6 is 0 Å². The molecule has 2 aromatic carbocycles. The standard InChI is InChI=1S/C21H24N2O4/c1-13-11-18(13)21(26)23-16-7-3-15(4-8-16)20(25)22-12-19(24)14-5-9-17(27-2)10-6-14/h3-10,13,18-19,24H,11-12H2,1-2H3,(H,22,25)(H,23,26). The molecule has 1 aliphatic carbocycles. The summed E-state index contributed by atoms with van der Waals surface area (Å²) in [5.74, 6) is 1.01. The third-order valence-electron chi connectivity index (χ3n) is 4.82. The van der Waals surface area contributed by atoms with E-state index in [2.05, 4.69) is 17.6 Å². The van der Waals surface area contributed by atoms with Crippen LogP contribution in [0.5, 0.6) is 5.75 Å². The molecule has 3 unspecified atom stereocenters. The Hall–Kier alpha value is -2.86. The van der Waals surface area contributed by atoms with E-state index >= 15 is 0 Å². The van der Waals surface area contributed by atoms with E-state index in [4.69, 9.17) is 4.74 Å². The highest BCUT2D eigenvalue weighted by Gasteiger charge is 2.39. The van der Waals surface area contributed by atoms with E-state index in [1.165, 1.54) is 0 Å². The van der Waals surface area contributed by atoms with E-state index in [1.807, 2.05) is 0 Å². The molecular formula is C21H24N2O4. The molecule has 6 heteroatoms. The Labute approximate surface area is 158 Å². The molecule has 0 radical (unpaired) electrons. The number of carbonyl (C=O) groups is 2. The monoisotopic (exact) mass is 368 g/mol. The van der Waals surface area contributed by atoms with Crippen molar-refractivity contribution in [2.45, 2.75) is 19.4 Å². The van der Waals surface area contributed by atoms with Crippen molar-refractivity contribution in [3.63, 3.8) is 0 Å². The highest BCUT2D eigenvalue weighted by Crippen LogP contribution is 2.38. The summed E-state index contributed by atoms with van der Waals surface area (Å²) < 4.78 is 5.08. The van der Waals surface area contributed by atoms with Crippen LogP contribution in [0.2, 0.25) is 0 Å². The summed E-state index contributed by atoms with van der Waals surface area (Å²) in [5.41, 5.74) is 1.84. The van der Waals surface area contributed by atoms with E-state index < -0.39 is 6.10 Å². The zero-order valence-corrected chi connectivity index (χ0v) is 15.4. The number of aliphatic hydroxyl groups excluding tert-OH is 1. The first-order valence-corrected chi connectivity index (χ1v) is 8.99. The molecule has 0 saturated heterocycles. The fourth-order valence-electron chi connectivity index (χ4n) is 2.86. The van der Waals surface area contributed by atoms with Gasteiger partial charge in [-0.3, -0.25) is 9.59 Å². The molecule has 3 N–H and O–H groups in total. The van der Waals surface area contributed by atoms with Crippen molar-refractivity contribution >= 4 is 17.5 Å². The van der Waals surface area contributed by atoms with Crippen LogP contribution in [0, 0.1) is 11.8 Å². The van der Waals surface area contributed by atoms with Gasteiger partial charge in [0.1, 0.15) is 5.75 Å². The molecule has 0 aromatic heterocycles. The molecule has 2 amide bonds. The van der Waals surface area contributed by atoms with Crippen LogP contribution in [0.4, 0.5) is 5.69 Å². The maximum atomic E-state index is 12.2. The Morgan fingerprint density at radius 2 is 1.78 bits per heavy atom. The average Bonchev–Trinajstić information content (AvgIpc) is 3.43. The topological polar surface area (TPSA) is 87.7 Å². The lowest BCUT2D eigenvalue weighted by Crippen LogP contribution is -2.28. The summed E-state index contributed by atoms with van der Waals surface area (Å²) >= 11 is 0. The number of carbonyl (C=O) groups excluding carboxylic acids is 2. The van der Waals surface area contributed by atoms with E-state index in [9.17, 15) is 14.7 Å². The number of rotatable bonds is 7. The van der Waals surface area contributed by atoms with Gasteiger partial charge in [0.25, 0.3) is 5.91 Å². The molecule has 0 aliphatic heterocycles. The van der Waals surface area contributed by atoms with E-state index in [-0.39, 0.29) is 24.3 Å². The molecule has 1 aliphatic rings. The molecule has 6 nitrogen and oxygen atoms in total. The lowest BCUT2D eigenvalue weighted by Gasteiger charge is -2.13. The van der Waals surface area contributed by atoms with Gasteiger partial charge in [-0.2, -0.15) is 0 Å². The summed E-state index contributed by atoms with van der Waals surface area (Å²) in [4.78, 5) is 24.2. The Bertz CT molecular complexity index is 802. The molecule has 0 heterocycles. The highest BCUT2D eigenvalue weighted by molar-refractivity contribution is 5.97. The second-order valence-electron chi connectivity index (χ2n) is 6.89. The summed E-state index contributed by atoms with van der Waals surface area (Å²) in [5, 5.41) is 15.8. The zero-order valence-electron chi connectivity index (χ0n) is 15.4. The van der Waals surface area contributed by atoms with Crippen molar-refractivity contribution in [1.29, 1.82) is 0 Å². The smallest absolute Gasteiger partial charge is 0.251 e. The number of benzene rings is 2. The molecule has 0 spiro atoms. The number of hydrogen-bond donors (Lipinski definition) is 3. The summed E-state index contributed by atoms with van der Waals surface area (Å²) in [7, 11) is 1.58. The van der Waals surface area contributed by atoms with E-state index in [0.29, 0.717) is 28.5 Å². The van der Waals surface area contributed by atoms with Crippen LogP contribution in [0.1, 0.15) is 35.4 Å². The van der Waals surface area contributed by atoms with Crippen molar-refractivity contribution in [3.8, 4) is 5.75 Å². The third-order valence-corrected chi connectivity index (χ3v) is 4.82. The van der Waals surface area contributed by atoms with Gasteiger partial charge in [-0.05, 0) is 54.3 Å². The average molecular weight is 368 g/mol. The van der Waals surface area contributed by atoms with Gasteiger partial charge in [-0.15, -0.1) is 0 Å². The fourth-order valence-corrected chi connectivity index (χ4v) is 2.86. The molecule has 0 bridgehead atoms. The largest absolute Gasteiger partial charge is 0.497 e. The molecule has 142 valence electrons. The lowest BCUT2D eigenvalue weighted by atomic mass is 10.1. The highest BCUT2D eigenvalue weighted by atomic mass is 16.5. The van der Waals surface area contributed by atoms with Crippen LogP contribution in [-0.2, 0) is 4.79 Å². The number of anilines is 1. The minimum Gasteiger partial charge on any atom is -0.497 e. The van der Waals surface area contributed by atoms with Crippen molar-refractivity contribution in [1.82, 2.24) is 5.32 Å². The maximum absolute atomic E-state index is 12.2. The molecule has 27 heavy (non-hydrogen) atoms. The quantitative estimate of drug-likeness (QED) is 0.701. The minimum absolute atomic E-state index is 0.0299. The summed E-state index contributed by atoms with van der Waals surface area (Å²) in [6.07, 6.45) is 0.127. The van der Waals surface area contributed by atoms with Gasteiger partial charge in [0.15, 0.2) is 0 Å². The SMILES string of the molecule is COc1ccc(C(O)CNC(=O)c2ccc(NC(=O)C3CC3C)cc2)cc1. The lowest BCUT2D eigenvalue weighted by molar-refractivity contribution is -0.117. The number of amides is 2. The van der Waals surface area contributed by atoms with Crippen molar-refractivity contribution in [2.24, 2.45) is 11.8 Å². The van der Waals surface area contributed by atoms with Gasteiger partial charge in [0.2, 0.25) is 5.91 Å². The Balaban J connectivity index is 1.50. The number of ether oxygens (including phenoxy) is 1. The van der Waals surface area contributed by atoms with Crippen LogP contribution < -0.4 is 15.4 Å². The van der Waals surface area contributed by atoms with Gasteiger partial charge in [0.05, 0.1) is 13.2 Å². The third kappa shape index (κ3) is 4.86. The van der Waals surface area contributed by atoms with Gasteiger partial charge in [-0.25, -0.2) is 0 Å². The first-order chi connectivity index (χ1) is 13.0. The van der Waals surface area contributed by atoms with E-state index in [0.717, 1.165) is 6.42 Å². The number of nitrogens with one attached hydrogen (secondary N) is 2. The molecular weight excluding hydrogens is 344 g/mol. The van der Waals surface area contributed by atoms with Crippen LogP contribution in [0.15, 0.2) is 48.5 Å². The van der Waals surface area contributed by atoms with Crippen molar-refractivity contribution in [3.05, 3.63) is 59.7 Å². The van der Waals surface area contributed by atoms with Crippen molar-refractivity contribution < 1.29 is 19.4 Å². The summed E-state index contributed by atoms with van der Waals surface area (Å²) in [6, 6.07) is 13.8. The zero-order chi connectivity index (χ0) is 19.4.